The third kappa shape index (κ3) is 5.68. The molecule has 0 saturated carbocycles. The van der Waals surface area contributed by atoms with Gasteiger partial charge in [0.2, 0.25) is 17.8 Å². The van der Waals surface area contributed by atoms with E-state index in [1.807, 2.05) is 54.1 Å². The lowest BCUT2D eigenvalue weighted by Gasteiger charge is -2.20. The molecule has 0 unspecified atom stereocenters. The largest absolute Gasteiger partial charge is 0.497 e. The zero-order chi connectivity index (χ0) is 24.0. The molecular weight excluding hydrogens is 416 g/mol. The summed E-state index contributed by atoms with van der Waals surface area (Å²) in [5, 5.41) is 2.88. The van der Waals surface area contributed by atoms with Crippen molar-refractivity contribution in [3.8, 4) is 22.7 Å². The minimum absolute atomic E-state index is 0.0731. The van der Waals surface area contributed by atoms with Gasteiger partial charge >= 0.3 is 0 Å². The predicted molar refractivity (Wildman–Crippen MR) is 131 cm³/mol. The summed E-state index contributed by atoms with van der Waals surface area (Å²) < 4.78 is 7.09. The fourth-order valence-electron chi connectivity index (χ4n) is 3.41. The second-order valence-electron chi connectivity index (χ2n) is 7.78. The first-order chi connectivity index (χ1) is 15.9. The average molecular weight is 447 g/mol. The van der Waals surface area contributed by atoms with Gasteiger partial charge in [-0.2, -0.15) is 0 Å². The summed E-state index contributed by atoms with van der Waals surface area (Å²) in [7, 11) is 1.62. The Morgan fingerprint density at radius 3 is 2.48 bits per heavy atom. The molecule has 1 heterocycles. The molecule has 0 aliphatic rings. The lowest BCUT2D eigenvalue weighted by molar-refractivity contribution is -0.133. The number of anilines is 1. The molecule has 7 heteroatoms. The van der Waals surface area contributed by atoms with Crippen LogP contribution in [0.1, 0.15) is 24.5 Å². The van der Waals surface area contributed by atoms with E-state index in [9.17, 15) is 9.59 Å². The van der Waals surface area contributed by atoms with Crippen molar-refractivity contribution in [1.82, 2.24) is 14.5 Å². The van der Waals surface area contributed by atoms with Crippen LogP contribution in [0.25, 0.3) is 16.9 Å². The number of amides is 2. The number of imidazole rings is 1. The number of benzene rings is 2. The lowest BCUT2D eigenvalue weighted by atomic mass is 10.1. The minimum Gasteiger partial charge on any atom is -0.497 e. The van der Waals surface area contributed by atoms with Crippen LogP contribution in [0.4, 0.5) is 5.95 Å². The van der Waals surface area contributed by atoms with Crippen molar-refractivity contribution in [3.05, 3.63) is 72.4 Å². The van der Waals surface area contributed by atoms with Crippen molar-refractivity contribution in [2.45, 2.75) is 27.2 Å². The molecule has 2 amide bonds. The maximum absolute atomic E-state index is 12.8. The van der Waals surface area contributed by atoms with Crippen molar-refractivity contribution in [3.63, 3.8) is 0 Å². The number of ether oxygens (including phenoxy) is 1. The Labute approximate surface area is 194 Å². The van der Waals surface area contributed by atoms with E-state index in [1.165, 1.54) is 10.5 Å². The number of aromatic nitrogens is 2. The van der Waals surface area contributed by atoms with Crippen molar-refractivity contribution >= 4 is 17.8 Å². The second-order valence-corrected chi connectivity index (χ2v) is 7.78. The Bertz CT molecular complexity index is 1150. The fourth-order valence-corrected chi connectivity index (χ4v) is 3.41. The maximum atomic E-state index is 12.8. The van der Waals surface area contributed by atoms with Gasteiger partial charge in [0, 0.05) is 30.4 Å². The van der Waals surface area contributed by atoms with Crippen LogP contribution < -0.4 is 10.1 Å². The van der Waals surface area contributed by atoms with Gasteiger partial charge in [0.25, 0.3) is 0 Å². The van der Waals surface area contributed by atoms with Crippen molar-refractivity contribution in [2.24, 2.45) is 0 Å². The van der Waals surface area contributed by atoms with Crippen LogP contribution >= 0.6 is 0 Å². The van der Waals surface area contributed by atoms with Crippen LogP contribution in [-0.4, -0.2) is 46.5 Å². The normalized spacial score (nSPS) is 10.5. The lowest BCUT2D eigenvalue weighted by Crippen LogP contribution is -2.38. The Morgan fingerprint density at radius 2 is 1.88 bits per heavy atom. The summed E-state index contributed by atoms with van der Waals surface area (Å²) in [4.78, 5) is 31.2. The fraction of sp³-hybridized carbons (Fsp3) is 0.269. The van der Waals surface area contributed by atoms with E-state index in [0.29, 0.717) is 24.6 Å². The van der Waals surface area contributed by atoms with E-state index in [4.69, 9.17) is 4.74 Å². The first-order valence-corrected chi connectivity index (χ1v) is 10.9. The number of hydrogen-bond donors (Lipinski definition) is 1. The number of rotatable bonds is 9. The van der Waals surface area contributed by atoms with Crippen LogP contribution in [0.15, 0.2) is 61.3 Å². The van der Waals surface area contributed by atoms with Crippen LogP contribution in [0, 0.1) is 13.8 Å². The highest BCUT2D eigenvalue weighted by Gasteiger charge is 2.18. The Balaban J connectivity index is 1.96. The number of carbonyl (C=O) groups is 2. The van der Waals surface area contributed by atoms with E-state index in [0.717, 1.165) is 22.6 Å². The molecule has 0 saturated heterocycles. The molecule has 172 valence electrons. The van der Waals surface area contributed by atoms with Gasteiger partial charge in [-0.15, -0.1) is 6.58 Å². The zero-order valence-electron chi connectivity index (χ0n) is 19.6. The van der Waals surface area contributed by atoms with E-state index in [2.05, 4.69) is 29.9 Å². The summed E-state index contributed by atoms with van der Waals surface area (Å²) >= 11 is 0. The van der Waals surface area contributed by atoms with Gasteiger partial charge in [-0.1, -0.05) is 19.1 Å². The monoisotopic (exact) mass is 446 g/mol. The second kappa shape index (κ2) is 10.6. The standard InChI is InChI=1S/C26H30N4O3/c1-6-14-29(25(32)7-2)17-24(31)28-26-27-23(20-9-12-22(33-5)13-10-20)16-30(26)21-11-8-18(3)19(4)15-21/h6,8-13,15-16H,1,7,14,17H2,2-5H3,(H,27,28,31). The highest BCUT2D eigenvalue weighted by atomic mass is 16.5. The number of methoxy groups -OCH3 is 1. The number of aryl methyl sites for hydroxylation is 2. The van der Waals surface area contributed by atoms with Gasteiger partial charge < -0.3 is 9.64 Å². The third-order valence-electron chi connectivity index (χ3n) is 5.45. The Hall–Kier alpha value is -3.87. The topological polar surface area (TPSA) is 76.5 Å². The van der Waals surface area contributed by atoms with Gasteiger partial charge in [-0.3, -0.25) is 19.5 Å². The third-order valence-corrected chi connectivity index (χ3v) is 5.45. The molecule has 0 atom stereocenters. The average Bonchev–Trinajstić information content (AvgIpc) is 3.23. The van der Waals surface area contributed by atoms with Gasteiger partial charge in [0.1, 0.15) is 12.3 Å². The van der Waals surface area contributed by atoms with Crippen molar-refractivity contribution < 1.29 is 14.3 Å². The summed E-state index contributed by atoms with van der Waals surface area (Å²) in [6.07, 6.45) is 3.82. The van der Waals surface area contributed by atoms with Crippen molar-refractivity contribution in [2.75, 3.05) is 25.5 Å². The van der Waals surface area contributed by atoms with E-state index < -0.39 is 0 Å². The van der Waals surface area contributed by atoms with E-state index in [1.54, 1.807) is 20.1 Å². The summed E-state index contributed by atoms with van der Waals surface area (Å²) in [5.41, 5.74) is 4.79. The number of nitrogens with zero attached hydrogens (tertiary/aromatic N) is 3. The van der Waals surface area contributed by atoms with Gasteiger partial charge in [-0.05, 0) is 61.4 Å². The summed E-state index contributed by atoms with van der Waals surface area (Å²) in [6.45, 7) is 9.78. The molecule has 1 N–H and O–H groups in total. The first-order valence-electron chi connectivity index (χ1n) is 10.9. The summed E-state index contributed by atoms with van der Waals surface area (Å²) in [6, 6.07) is 13.6. The molecule has 0 aliphatic carbocycles. The molecule has 2 aromatic carbocycles. The first kappa shape index (κ1) is 23.8. The Kier molecular flexibility index (Phi) is 7.66. The Morgan fingerprint density at radius 1 is 1.15 bits per heavy atom. The SMILES string of the molecule is C=CCN(CC(=O)Nc1nc(-c2ccc(OC)cc2)cn1-c1ccc(C)c(C)c1)C(=O)CC. The highest BCUT2D eigenvalue weighted by Crippen LogP contribution is 2.27. The molecule has 3 rings (SSSR count). The molecule has 0 radical (unpaired) electrons. The van der Waals surface area contributed by atoms with E-state index in [-0.39, 0.29) is 18.4 Å². The number of hydrogen-bond acceptors (Lipinski definition) is 4. The molecule has 0 spiro atoms. The highest BCUT2D eigenvalue weighted by molar-refractivity contribution is 5.94. The quantitative estimate of drug-likeness (QED) is 0.490. The number of nitrogens with one attached hydrogen (secondary N) is 1. The minimum atomic E-state index is -0.324. The van der Waals surface area contributed by atoms with Gasteiger partial charge in [0.15, 0.2) is 0 Å². The molecule has 33 heavy (non-hydrogen) atoms. The van der Waals surface area contributed by atoms with Crippen molar-refractivity contribution in [1.29, 1.82) is 0 Å². The smallest absolute Gasteiger partial charge is 0.246 e. The van der Waals surface area contributed by atoms with Crippen LogP contribution in [-0.2, 0) is 9.59 Å². The van der Waals surface area contributed by atoms with Gasteiger partial charge in [-0.25, -0.2) is 4.98 Å². The molecule has 0 aliphatic heterocycles. The van der Waals surface area contributed by atoms with Crippen LogP contribution in [0.3, 0.4) is 0 Å². The van der Waals surface area contributed by atoms with Crippen LogP contribution in [0.5, 0.6) is 5.75 Å². The molecule has 0 fully saturated rings. The molecule has 7 nitrogen and oxygen atoms in total. The predicted octanol–water partition coefficient (Wildman–Crippen LogP) is 4.53. The molecule has 3 aromatic rings. The molecule has 0 bridgehead atoms. The van der Waals surface area contributed by atoms with Crippen LogP contribution in [0.2, 0.25) is 0 Å². The number of carbonyl (C=O) groups excluding carboxylic acids is 2. The molecule has 1 aromatic heterocycles. The van der Waals surface area contributed by atoms with Gasteiger partial charge in [0.05, 0.1) is 12.8 Å². The maximum Gasteiger partial charge on any atom is 0.246 e. The van der Waals surface area contributed by atoms with E-state index >= 15 is 0 Å². The zero-order valence-corrected chi connectivity index (χ0v) is 19.6. The summed E-state index contributed by atoms with van der Waals surface area (Å²) in [5.74, 6) is 0.706. The molecular formula is C26H30N4O3.